The summed E-state index contributed by atoms with van der Waals surface area (Å²) in [6.45, 7) is 6.06. The molecular formula is C27H28N8. The molecule has 0 radical (unpaired) electrons. The lowest BCUT2D eigenvalue weighted by Crippen LogP contribution is -2.08. The van der Waals surface area contributed by atoms with Crippen LogP contribution in [-0.4, -0.2) is 48.8 Å². The predicted octanol–water partition coefficient (Wildman–Crippen LogP) is 5.36. The Morgan fingerprint density at radius 1 is 1.11 bits per heavy atom. The number of nitrogens with one attached hydrogen (secondary N) is 2. The molecule has 176 valence electrons. The van der Waals surface area contributed by atoms with E-state index >= 15 is 0 Å². The lowest BCUT2D eigenvalue weighted by atomic mass is 10.1. The number of allylic oxidation sites excluding steroid dienone is 3. The van der Waals surface area contributed by atoms with Gasteiger partial charge >= 0.3 is 0 Å². The van der Waals surface area contributed by atoms with Crippen molar-refractivity contribution in [3.8, 4) is 22.6 Å². The van der Waals surface area contributed by atoms with Crippen LogP contribution in [0.5, 0.6) is 0 Å². The third kappa shape index (κ3) is 4.26. The van der Waals surface area contributed by atoms with Crippen LogP contribution in [0, 0.1) is 13.8 Å². The maximum atomic E-state index is 4.96. The maximum Gasteiger partial charge on any atom is 0.135 e. The number of H-pyrrole nitrogens is 2. The van der Waals surface area contributed by atoms with Gasteiger partial charge < -0.3 is 14.5 Å². The lowest BCUT2D eigenvalue weighted by molar-refractivity contribution is 1.08. The van der Waals surface area contributed by atoms with Crippen molar-refractivity contribution >= 4 is 22.4 Å². The Morgan fingerprint density at radius 2 is 1.97 bits per heavy atom. The fraction of sp³-hybridized carbons (Fsp3) is 0.185. The first kappa shape index (κ1) is 22.3. The fourth-order valence-electron chi connectivity index (χ4n) is 4.07. The van der Waals surface area contributed by atoms with Gasteiger partial charge in [-0.05, 0) is 51.1 Å². The Hall–Kier alpha value is -4.46. The van der Waals surface area contributed by atoms with Crippen molar-refractivity contribution < 1.29 is 0 Å². The molecule has 0 aromatic carbocycles. The number of fused-ring (bicyclic) bond motifs is 1. The van der Waals surface area contributed by atoms with E-state index < -0.39 is 0 Å². The number of aromatic amines is 2. The van der Waals surface area contributed by atoms with Gasteiger partial charge in [-0.25, -0.2) is 9.97 Å². The monoisotopic (exact) mass is 464 g/mol. The molecule has 5 aromatic rings. The third-order valence-electron chi connectivity index (χ3n) is 5.93. The Balaban J connectivity index is 1.59. The number of aryl methyl sites for hydroxylation is 2. The Kier molecular flexibility index (Phi) is 5.78. The number of hydrogen-bond donors (Lipinski definition) is 2. The Morgan fingerprint density at radius 3 is 2.71 bits per heavy atom. The van der Waals surface area contributed by atoms with Gasteiger partial charge in [0.15, 0.2) is 0 Å². The third-order valence-corrected chi connectivity index (χ3v) is 5.93. The van der Waals surface area contributed by atoms with Crippen LogP contribution < -0.4 is 4.90 Å². The minimum absolute atomic E-state index is 0.778. The summed E-state index contributed by atoms with van der Waals surface area (Å²) in [5.74, 6) is 0. The van der Waals surface area contributed by atoms with Gasteiger partial charge in [0.05, 0.1) is 46.5 Å². The van der Waals surface area contributed by atoms with Crippen LogP contribution >= 0.6 is 0 Å². The number of rotatable bonds is 6. The lowest BCUT2D eigenvalue weighted by Gasteiger charge is -2.12. The summed E-state index contributed by atoms with van der Waals surface area (Å²) in [4.78, 5) is 19.3. The summed E-state index contributed by atoms with van der Waals surface area (Å²) in [6.07, 6.45) is 13.7. The molecule has 0 aliphatic rings. The molecule has 35 heavy (non-hydrogen) atoms. The highest BCUT2D eigenvalue weighted by atomic mass is 15.1. The van der Waals surface area contributed by atoms with E-state index in [2.05, 4.69) is 50.3 Å². The molecule has 0 atom stereocenters. The summed E-state index contributed by atoms with van der Waals surface area (Å²) in [6, 6.07) is 8.21. The van der Waals surface area contributed by atoms with E-state index in [0.29, 0.717) is 0 Å². The highest BCUT2D eigenvalue weighted by Gasteiger charge is 2.17. The average molecular weight is 465 g/mol. The van der Waals surface area contributed by atoms with Crippen LogP contribution in [0.3, 0.4) is 0 Å². The van der Waals surface area contributed by atoms with Gasteiger partial charge in [-0.15, -0.1) is 0 Å². The first-order valence-electron chi connectivity index (χ1n) is 11.5. The predicted molar refractivity (Wildman–Crippen MR) is 141 cm³/mol. The number of aromatic nitrogens is 7. The normalized spacial score (nSPS) is 12.2. The van der Waals surface area contributed by atoms with E-state index in [9.17, 15) is 0 Å². The van der Waals surface area contributed by atoms with E-state index in [1.54, 1.807) is 0 Å². The molecule has 0 spiro atoms. The second-order valence-electron chi connectivity index (χ2n) is 8.71. The summed E-state index contributed by atoms with van der Waals surface area (Å²) >= 11 is 0. The fourth-order valence-corrected chi connectivity index (χ4v) is 4.07. The number of pyridine rings is 2. The van der Waals surface area contributed by atoms with Crippen LogP contribution in [-0.2, 0) is 0 Å². The van der Waals surface area contributed by atoms with Crippen LogP contribution in [0.15, 0.2) is 67.4 Å². The van der Waals surface area contributed by atoms with Crippen molar-refractivity contribution in [1.82, 2.24) is 34.7 Å². The summed E-state index contributed by atoms with van der Waals surface area (Å²) < 4.78 is 2.04. The Bertz CT molecular complexity index is 1560. The summed E-state index contributed by atoms with van der Waals surface area (Å²) in [5, 5.41) is 7.73. The van der Waals surface area contributed by atoms with Gasteiger partial charge in [-0.3, -0.25) is 10.1 Å². The molecule has 5 rings (SSSR count). The quantitative estimate of drug-likeness (QED) is 0.330. The van der Waals surface area contributed by atoms with E-state index in [4.69, 9.17) is 4.98 Å². The van der Waals surface area contributed by atoms with Crippen molar-refractivity contribution in [2.45, 2.75) is 20.8 Å². The molecule has 8 nitrogen and oxygen atoms in total. The second-order valence-corrected chi connectivity index (χ2v) is 8.71. The Labute approximate surface area is 204 Å². The molecule has 0 bridgehead atoms. The molecule has 0 fully saturated rings. The zero-order valence-electron chi connectivity index (χ0n) is 20.5. The molecule has 5 heterocycles. The molecule has 0 aliphatic carbocycles. The van der Waals surface area contributed by atoms with E-state index in [0.717, 1.165) is 62.0 Å². The van der Waals surface area contributed by atoms with Crippen LogP contribution in [0.4, 0.5) is 5.69 Å². The van der Waals surface area contributed by atoms with Gasteiger partial charge in [0.1, 0.15) is 11.2 Å². The maximum absolute atomic E-state index is 4.96. The van der Waals surface area contributed by atoms with Crippen molar-refractivity contribution in [2.75, 3.05) is 19.0 Å². The van der Waals surface area contributed by atoms with Gasteiger partial charge in [0.2, 0.25) is 0 Å². The molecule has 0 saturated carbocycles. The topological polar surface area (TPSA) is 91.3 Å². The number of hydrogen-bond acceptors (Lipinski definition) is 5. The molecular weight excluding hydrogens is 436 g/mol. The number of imidazole rings is 1. The smallest absolute Gasteiger partial charge is 0.135 e. The summed E-state index contributed by atoms with van der Waals surface area (Å²) in [7, 11) is 4.00. The van der Waals surface area contributed by atoms with Crippen molar-refractivity contribution in [2.24, 2.45) is 0 Å². The zero-order valence-corrected chi connectivity index (χ0v) is 20.5. The number of nitrogens with zero attached hydrogens (tertiary/aromatic N) is 6. The number of anilines is 1. The van der Waals surface area contributed by atoms with E-state index in [1.807, 2.05) is 86.6 Å². The second kappa shape index (κ2) is 9.06. The summed E-state index contributed by atoms with van der Waals surface area (Å²) in [5.41, 5.74) is 10.3. The van der Waals surface area contributed by atoms with Crippen molar-refractivity contribution in [3.63, 3.8) is 0 Å². The molecule has 0 aliphatic heterocycles. The molecule has 8 heteroatoms. The minimum Gasteiger partial charge on any atom is -0.376 e. The van der Waals surface area contributed by atoms with E-state index in [1.165, 1.54) is 0 Å². The molecule has 2 N–H and O–H groups in total. The van der Waals surface area contributed by atoms with Crippen molar-refractivity contribution in [1.29, 1.82) is 0 Å². The van der Waals surface area contributed by atoms with Crippen molar-refractivity contribution in [3.05, 3.63) is 84.4 Å². The van der Waals surface area contributed by atoms with Crippen LogP contribution in [0.25, 0.3) is 39.4 Å². The highest BCUT2D eigenvalue weighted by molar-refractivity contribution is 5.91. The molecule has 0 amide bonds. The SMILES string of the molecule is C/C=C\C=C(/c1cc(-c2n[nH]c3ccc(-c4cncc(N(C)C)c4)nc23)[nH]c1C)n1cnc(C)c1. The van der Waals surface area contributed by atoms with Gasteiger partial charge in [0, 0.05) is 43.3 Å². The minimum atomic E-state index is 0.778. The first-order valence-corrected chi connectivity index (χ1v) is 11.5. The molecule has 0 saturated heterocycles. The van der Waals surface area contributed by atoms with E-state index in [-0.39, 0.29) is 0 Å². The zero-order chi connectivity index (χ0) is 24.5. The highest BCUT2D eigenvalue weighted by Crippen LogP contribution is 2.31. The molecule has 5 aromatic heterocycles. The standard InChI is InChI=1S/C27H28N8/c1-6-7-8-25(35-15-17(2)29-16-35)21-12-24(30-18(21)3)27-26-23(32-33-27)10-9-22(31-26)19-11-20(34(4)5)14-28-13-19/h6-16,30H,1-5H3,(H,32,33)/b7-6-,25-8+. The van der Waals surface area contributed by atoms with Gasteiger partial charge in [0.25, 0.3) is 0 Å². The average Bonchev–Trinajstić information content (AvgIpc) is 3.57. The molecule has 0 unspecified atom stereocenters. The van der Waals surface area contributed by atoms with Gasteiger partial charge in [-0.1, -0.05) is 12.2 Å². The van der Waals surface area contributed by atoms with Gasteiger partial charge in [-0.2, -0.15) is 5.10 Å². The first-order chi connectivity index (χ1) is 16.9. The van der Waals surface area contributed by atoms with Crippen LogP contribution in [0.2, 0.25) is 0 Å². The van der Waals surface area contributed by atoms with Crippen LogP contribution in [0.1, 0.15) is 23.9 Å². The largest absolute Gasteiger partial charge is 0.376 e.